The molecule has 0 radical (unpaired) electrons. The van der Waals surface area contributed by atoms with E-state index in [4.69, 9.17) is 11.6 Å². The Kier molecular flexibility index (Phi) is 5.74. The molecule has 0 unspecified atom stereocenters. The fraction of sp³-hybridized carbons (Fsp3) is 0.250. The molecule has 1 nitrogen and oxygen atoms in total. The van der Waals surface area contributed by atoms with E-state index in [0.29, 0.717) is 0 Å². The Bertz CT molecular complexity index is 513. The molecule has 0 fully saturated rings. The van der Waals surface area contributed by atoms with Crippen LogP contribution >= 0.6 is 27.5 Å². The van der Waals surface area contributed by atoms with Crippen LogP contribution in [0.1, 0.15) is 18.4 Å². The second-order valence-corrected chi connectivity index (χ2v) is 5.67. The van der Waals surface area contributed by atoms with E-state index in [-0.39, 0.29) is 0 Å². The van der Waals surface area contributed by atoms with Gasteiger partial charge in [0.05, 0.1) is 9.50 Å². The molecule has 0 saturated carbocycles. The van der Waals surface area contributed by atoms with E-state index in [1.807, 2.05) is 18.2 Å². The minimum Gasteiger partial charge on any atom is -0.384 e. The largest absolute Gasteiger partial charge is 0.384 e. The minimum atomic E-state index is 0.745. The van der Waals surface area contributed by atoms with Gasteiger partial charge in [-0.1, -0.05) is 48.0 Å². The summed E-state index contributed by atoms with van der Waals surface area (Å²) in [6.07, 6.45) is 3.47. The summed E-state index contributed by atoms with van der Waals surface area (Å²) in [6.45, 7) is 0.964. The van der Waals surface area contributed by atoms with Gasteiger partial charge in [-0.2, -0.15) is 0 Å². The summed E-state index contributed by atoms with van der Waals surface area (Å²) in [5, 5.41) is 4.15. The predicted molar refractivity (Wildman–Crippen MR) is 87.0 cm³/mol. The highest BCUT2D eigenvalue weighted by molar-refractivity contribution is 9.10. The first-order valence-electron chi connectivity index (χ1n) is 6.49. The Labute approximate surface area is 128 Å². The number of unbranched alkanes of at least 4 members (excludes halogenated alkanes) is 1. The lowest BCUT2D eigenvalue weighted by atomic mass is 10.1. The molecule has 0 amide bonds. The maximum absolute atomic E-state index is 6.05. The molecule has 0 atom stereocenters. The second-order valence-electron chi connectivity index (χ2n) is 4.47. The fourth-order valence-electron chi connectivity index (χ4n) is 1.96. The molecule has 2 aromatic rings. The van der Waals surface area contributed by atoms with Crippen LogP contribution in [0.4, 0.5) is 5.69 Å². The fourth-order valence-corrected chi connectivity index (χ4v) is 2.54. The average molecular weight is 339 g/mol. The van der Waals surface area contributed by atoms with E-state index in [1.165, 1.54) is 12.0 Å². The summed E-state index contributed by atoms with van der Waals surface area (Å²) >= 11 is 9.54. The standard InChI is InChI=1S/C16H17BrClN/c17-16-14(18)10-6-11-15(16)19-12-5-4-9-13-7-2-1-3-8-13/h1-3,6-8,10-11,19H,4-5,9,12H2. The van der Waals surface area contributed by atoms with Gasteiger partial charge in [-0.15, -0.1) is 0 Å². The first kappa shape index (κ1) is 14.4. The van der Waals surface area contributed by atoms with E-state index in [9.17, 15) is 0 Å². The first-order valence-corrected chi connectivity index (χ1v) is 7.66. The molecule has 0 saturated heterocycles. The lowest BCUT2D eigenvalue weighted by Crippen LogP contribution is -2.02. The van der Waals surface area contributed by atoms with Crippen molar-refractivity contribution in [3.05, 3.63) is 63.6 Å². The molecule has 0 heterocycles. The topological polar surface area (TPSA) is 12.0 Å². The Balaban J connectivity index is 1.71. The van der Waals surface area contributed by atoms with Gasteiger partial charge in [0, 0.05) is 12.2 Å². The third-order valence-electron chi connectivity index (χ3n) is 3.00. The van der Waals surface area contributed by atoms with Crippen LogP contribution in [0.3, 0.4) is 0 Å². The third kappa shape index (κ3) is 4.55. The lowest BCUT2D eigenvalue weighted by Gasteiger charge is -2.09. The van der Waals surface area contributed by atoms with Crippen molar-refractivity contribution >= 4 is 33.2 Å². The molecule has 3 heteroatoms. The van der Waals surface area contributed by atoms with Crippen LogP contribution in [0.25, 0.3) is 0 Å². The van der Waals surface area contributed by atoms with E-state index in [2.05, 4.69) is 51.6 Å². The van der Waals surface area contributed by atoms with Gasteiger partial charge in [0.25, 0.3) is 0 Å². The van der Waals surface area contributed by atoms with Gasteiger partial charge in [-0.25, -0.2) is 0 Å². The molecule has 100 valence electrons. The molecule has 0 aliphatic heterocycles. The van der Waals surface area contributed by atoms with Crippen LogP contribution in [0.2, 0.25) is 5.02 Å². The van der Waals surface area contributed by atoms with E-state index >= 15 is 0 Å². The molecule has 0 aliphatic carbocycles. The van der Waals surface area contributed by atoms with Crippen molar-refractivity contribution in [3.8, 4) is 0 Å². The minimum absolute atomic E-state index is 0.745. The number of anilines is 1. The van der Waals surface area contributed by atoms with Crippen molar-refractivity contribution in [1.82, 2.24) is 0 Å². The first-order chi connectivity index (χ1) is 9.27. The maximum atomic E-state index is 6.05. The Morgan fingerprint density at radius 1 is 0.947 bits per heavy atom. The number of halogens is 2. The average Bonchev–Trinajstić information content (AvgIpc) is 2.44. The SMILES string of the molecule is Clc1cccc(NCCCCc2ccccc2)c1Br. The molecule has 0 aliphatic rings. The van der Waals surface area contributed by atoms with Crippen LogP contribution < -0.4 is 5.32 Å². The lowest BCUT2D eigenvalue weighted by molar-refractivity contribution is 0.763. The summed E-state index contributed by atoms with van der Waals surface area (Å²) in [6, 6.07) is 16.5. The van der Waals surface area contributed by atoms with Crippen LogP contribution in [0.5, 0.6) is 0 Å². The second kappa shape index (κ2) is 7.56. The number of aryl methyl sites for hydroxylation is 1. The van der Waals surface area contributed by atoms with Gasteiger partial charge >= 0.3 is 0 Å². The van der Waals surface area contributed by atoms with Crippen molar-refractivity contribution in [1.29, 1.82) is 0 Å². The Morgan fingerprint density at radius 3 is 2.53 bits per heavy atom. The zero-order valence-electron chi connectivity index (χ0n) is 10.7. The highest BCUT2D eigenvalue weighted by Crippen LogP contribution is 2.29. The van der Waals surface area contributed by atoms with Crippen LogP contribution in [0, 0.1) is 0 Å². The van der Waals surface area contributed by atoms with Crippen molar-refractivity contribution in [2.75, 3.05) is 11.9 Å². The zero-order chi connectivity index (χ0) is 13.5. The number of rotatable bonds is 6. The summed E-state index contributed by atoms with van der Waals surface area (Å²) < 4.78 is 0.944. The van der Waals surface area contributed by atoms with Gasteiger partial charge < -0.3 is 5.32 Å². The van der Waals surface area contributed by atoms with Crippen molar-refractivity contribution in [2.45, 2.75) is 19.3 Å². The molecule has 0 aromatic heterocycles. The summed E-state index contributed by atoms with van der Waals surface area (Å²) in [5.41, 5.74) is 2.47. The summed E-state index contributed by atoms with van der Waals surface area (Å²) in [4.78, 5) is 0. The Hall–Kier alpha value is -0.990. The summed E-state index contributed by atoms with van der Waals surface area (Å²) in [7, 11) is 0. The number of hydrogen-bond donors (Lipinski definition) is 1. The highest BCUT2D eigenvalue weighted by atomic mass is 79.9. The quantitative estimate of drug-likeness (QED) is 0.682. The normalized spacial score (nSPS) is 10.4. The molecular formula is C16H17BrClN. The van der Waals surface area contributed by atoms with Gasteiger partial charge in [0.1, 0.15) is 0 Å². The molecule has 0 bridgehead atoms. The maximum Gasteiger partial charge on any atom is 0.0593 e. The van der Waals surface area contributed by atoms with Gasteiger partial charge in [0.2, 0.25) is 0 Å². The molecular weight excluding hydrogens is 322 g/mol. The van der Waals surface area contributed by atoms with Crippen LogP contribution in [-0.2, 0) is 6.42 Å². The van der Waals surface area contributed by atoms with E-state index in [0.717, 1.165) is 34.6 Å². The van der Waals surface area contributed by atoms with Gasteiger partial charge in [0.15, 0.2) is 0 Å². The molecule has 1 N–H and O–H groups in total. The summed E-state index contributed by atoms with van der Waals surface area (Å²) in [5.74, 6) is 0. The zero-order valence-corrected chi connectivity index (χ0v) is 13.0. The van der Waals surface area contributed by atoms with E-state index < -0.39 is 0 Å². The number of benzene rings is 2. The molecule has 0 spiro atoms. The number of hydrogen-bond acceptors (Lipinski definition) is 1. The predicted octanol–water partition coefficient (Wildman–Crippen LogP) is 5.54. The van der Waals surface area contributed by atoms with E-state index in [1.54, 1.807) is 0 Å². The molecule has 2 aromatic carbocycles. The highest BCUT2D eigenvalue weighted by Gasteiger charge is 2.02. The van der Waals surface area contributed by atoms with Gasteiger partial charge in [-0.05, 0) is 52.9 Å². The monoisotopic (exact) mass is 337 g/mol. The molecule has 19 heavy (non-hydrogen) atoms. The van der Waals surface area contributed by atoms with Crippen LogP contribution in [0.15, 0.2) is 53.0 Å². The van der Waals surface area contributed by atoms with Gasteiger partial charge in [-0.3, -0.25) is 0 Å². The third-order valence-corrected chi connectivity index (χ3v) is 4.40. The van der Waals surface area contributed by atoms with Crippen molar-refractivity contribution < 1.29 is 0 Å². The van der Waals surface area contributed by atoms with Crippen LogP contribution in [-0.4, -0.2) is 6.54 Å². The molecule has 2 rings (SSSR count). The number of nitrogens with one attached hydrogen (secondary N) is 1. The smallest absolute Gasteiger partial charge is 0.0593 e. The van der Waals surface area contributed by atoms with Crippen molar-refractivity contribution in [2.24, 2.45) is 0 Å². The van der Waals surface area contributed by atoms with Crippen molar-refractivity contribution in [3.63, 3.8) is 0 Å². The Morgan fingerprint density at radius 2 is 1.74 bits per heavy atom.